The Bertz CT molecular complexity index is 3780. The second-order valence-corrected chi connectivity index (χ2v) is 28.3. The van der Waals surface area contributed by atoms with Crippen molar-refractivity contribution in [1.82, 2.24) is 4.90 Å². The van der Waals surface area contributed by atoms with Crippen LogP contribution in [-0.2, 0) is 21.7 Å². The van der Waals surface area contributed by atoms with E-state index in [1.54, 1.807) is 0 Å². The number of nitro groups is 2. The van der Waals surface area contributed by atoms with Gasteiger partial charge >= 0.3 is 0 Å². The second-order valence-electron chi connectivity index (χ2n) is 25.1. The Labute approximate surface area is 544 Å². The van der Waals surface area contributed by atoms with Gasteiger partial charge in [-0.2, -0.15) is 9.15 Å². The number of rotatable bonds is 12. The molecule has 2 saturated carbocycles. The maximum Gasteiger partial charge on any atom is 0.283 e. The zero-order chi connectivity index (χ0) is 65.0. The lowest BCUT2D eigenvalue weighted by Crippen LogP contribution is -2.68. The van der Waals surface area contributed by atoms with Crippen molar-refractivity contribution in [1.29, 1.82) is 0 Å². The number of likely N-dealkylation sites (N-methyl/N-ethyl adjacent to an activating group) is 3. The minimum absolute atomic E-state index is 0.124. The summed E-state index contributed by atoms with van der Waals surface area (Å²) >= 11 is 7.07. The molecule has 474 valence electrons. The smallest absolute Gasteiger partial charge is 0.283 e. The van der Waals surface area contributed by atoms with E-state index in [0.717, 1.165) is 100 Å². The van der Waals surface area contributed by atoms with E-state index in [2.05, 4.69) is 214 Å². The third kappa shape index (κ3) is 12.8. The highest BCUT2D eigenvalue weighted by Crippen LogP contribution is 2.58. The van der Waals surface area contributed by atoms with Crippen molar-refractivity contribution < 1.29 is 76.8 Å². The fourth-order valence-electron chi connectivity index (χ4n) is 15.5. The topological polar surface area (TPSA) is 286 Å². The summed E-state index contributed by atoms with van der Waals surface area (Å²) < 4.78 is 74.1. The summed E-state index contributed by atoms with van der Waals surface area (Å²) in [6.07, 6.45) is 24.3. The molecule has 4 aliphatic heterocycles. The van der Waals surface area contributed by atoms with E-state index < -0.39 is 20.5 Å². The fraction of sp³-hybridized carbons (Fsp3) is 0.373. The van der Waals surface area contributed by atoms with Crippen LogP contribution in [0.15, 0.2) is 154 Å². The lowest BCUT2D eigenvalue weighted by atomic mass is 9.68. The molecule has 0 unspecified atom stereocenters. The molecule has 0 bridgehead atoms. The van der Waals surface area contributed by atoms with Crippen molar-refractivity contribution in [3.8, 4) is 0 Å². The number of anilines is 2. The number of allylic oxidation sites excluding steroid dienone is 8. The van der Waals surface area contributed by atoms with E-state index in [9.17, 15) is 20.2 Å². The van der Waals surface area contributed by atoms with Crippen LogP contribution < -0.4 is 47.1 Å². The van der Waals surface area contributed by atoms with E-state index in [-0.39, 0.29) is 42.9 Å². The van der Waals surface area contributed by atoms with Crippen LogP contribution in [0.5, 0.6) is 0 Å². The quantitative estimate of drug-likeness (QED) is 0.0692. The predicted octanol–water partition coefficient (Wildman–Crippen LogP) is 6.79. The molecule has 2 aliphatic carbocycles. The van der Waals surface area contributed by atoms with Crippen LogP contribution in [0.25, 0.3) is 21.5 Å². The van der Waals surface area contributed by atoms with Crippen LogP contribution in [-0.4, -0.2) is 82.6 Å². The summed E-state index contributed by atoms with van der Waals surface area (Å²) in [6, 6.07) is 34.3. The van der Waals surface area contributed by atoms with Gasteiger partial charge in [-0.3, -0.25) is 25.1 Å². The molecular formula is C67H71Br2Cl2N7O12. The third-order valence-electron chi connectivity index (χ3n) is 19.3. The Morgan fingerprint density at radius 1 is 0.544 bits per heavy atom. The molecule has 6 aliphatic rings. The van der Waals surface area contributed by atoms with Gasteiger partial charge in [0.2, 0.25) is 11.4 Å². The highest BCUT2D eigenvalue weighted by atomic mass is 79.9. The first-order valence-corrected chi connectivity index (χ1v) is 33.9. The number of halogens is 4. The monoisotopic (exact) mass is 1390 g/mol. The highest BCUT2D eigenvalue weighted by molar-refractivity contribution is 9.11. The maximum atomic E-state index is 12.2. The van der Waals surface area contributed by atoms with Gasteiger partial charge in [-0.05, 0) is 161 Å². The molecule has 0 atom stereocenters. The van der Waals surface area contributed by atoms with Gasteiger partial charge in [-0.25, -0.2) is 37.3 Å². The zero-order valence-corrected chi connectivity index (χ0v) is 55.8. The highest BCUT2D eigenvalue weighted by Gasteiger charge is 2.51. The van der Waals surface area contributed by atoms with E-state index in [1.165, 1.54) is 79.7 Å². The van der Waals surface area contributed by atoms with Crippen LogP contribution in [0, 0.1) is 40.7 Å². The molecular weight excluding hydrogens is 1330 g/mol. The molecule has 6 aromatic carbocycles. The van der Waals surface area contributed by atoms with Gasteiger partial charge in [-0.1, -0.05) is 99.2 Å². The Kier molecular flexibility index (Phi) is 19.0. The first kappa shape index (κ1) is 66.6. The second kappa shape index (κ2) is 25.7. The summed E-state index contributed by atoms with van der Waals surface area (Å²) in [7, 11) is -3.40. The first-order valence-electron chi connectivity index (χ1n) is 29.9. The largest absolute Gasteiger partial charge is 0.347 e. The van der Waals surface area contributed by atoms with Gasteiger partial charge in [0.05, 0.1) is 42.7 Å². The summed E-state index contributed by atoms with van der Waals surface area (Å²) in [6.45, 7) is 12.7. The lowest BCUT2D eigenvalue weighted by Gasteiger charge is -2.36. The van der Waals surface area contributed by atoms with Gasteiger partial charge in [0.25, 0.3) is 11.4 Å². The van der Waals surface area contributed by atoms with Crippen molar-refractivity contribution in [3.05, 3.63) is 196 Å². The molecule has 6 aromatic rings. The SMILES string of the molecule is CN(CC[N+]1=C(/C=C/C=C2/N(C)c3cc(Br)c([N+](=O)[O-])cc3C23CCCCC3)C(C)(C)c2c1ccc1ccccc21)CC[N+]1=C(/C=C/C=C2/N(C)c3cc(Br)c([N+](=O)[O-])cc3C23CCCCC3)C(C)(C)c2c1ccc1ccccc21.[O-][Cl+3]([O-])([O-])[O-].[O-][Cl+3]([O-])([O-])[O-]. The number of benzene rings is 6. The summed E-state index contributed by atoms with van der Waals surface area (Å²) in [5.74, 6) is 0. The molecule has 19 nitrogen and oxygen atoms in total. The van der Waals surface area contributed by atoms with E-state index in [0.29, 0.717) is 8.95 Å². The third-order valence-corrected chi connectivity index (χ3v) is 20.6. The zero-order valence-electron chi connectivity index (χ0n) is 51.1. The Morgan fingerprint density at radius 2 is 0.889 bits per heavy atom. The molecule has 0 radical (unpaired) electrons. The Morgan fingerprint density at radius 3 is 1.23 bits per heavy atom. The first-order chi connectivity index (χ1) is 42.4. The predicted molar refractivity (Wildman–Crippen MR) is 333 cm³/mol. The van der Waals surface area contributed by atoms with Crippen LogP contribution in [0.1, 0.15) is 114 Å². The Hall–Kier alpha value is -6.28. The average molecular weight is 1400 g/mol. The maximum absolute atomic E-state index is 12.2. The number of hydrogen-bond donors (Lipinski definition) is 0. The molecule has 12 rings (SSSR count). The van der Waals surface area contributed by atoms with Gasteiger partial charge in [0, 0.05) is 95.2 Å². The van der Waals surface area contributed by atoms with Gasteiger partial charge < -0.3 is 9.80 Å². The van der Waals surface area contributed by atoms with Crippen LogP contribution >= 0.6 is 31.9 Å². The minimum atomic E-state index is -4.94. The molecule has 90 heavy (non-hydrogen) atoms. The number of fused-ring (bicyclic) bond motifs is 10. The number of hydrogen-bond acceptors (Lipinski definition) is 15. The van der Waals surface area contributed by atoms with Crippen molar-refractivity contribution in [3.63, 3.8) is 0 Å². The summed E-state index contributed by atoms with van der Waals surface area (Å²) in [5, 5.41) is 29.5. The van der Waals surface area contributed by atoms with Gasteiger partial charge in [0.15, 0.2) is 24.5 Å². The molecule has 0 amide bonds. The van der Waals surface area contributed by atoms with E-state index >= 15 is 0 Å². The van der Waals surface area contributed by atoms with Crippen LogP contribution in [0.2, 0.25) is 0 Å². The van der Waals surface area contributed by atoms with Crippen molar-refractivity contribution in [2.45, 2.75) is 114 Å². The Balaban J connectivity index is 0.000000827. The van der Waals surface area contributed by atoms with Crippen molar-refractivity contribution in [2.75, 3.05) is 57.1 Å². The van der Waals surface area contributed by atoms with E-state index in [4.69, 9.17) is 37.3 Å². The normalized spacial score (nSPS) is 19.6. The average Bonchev–Trinajstić information content (AvgIpc) is 1.60. The van der Waals surface area contributed by atoms with Crippen LogP contribution in [0.4, 0.5) is 34.1 Å². The molecule has 4 heterocycles. The summed E-state index contributed by atoms with van der Waals surface area (Å²) in [5.41, 5.74) is 13.4. The molecule has 0 aromatic heterocycles. The van der Waals surface area contributed by atoms with Crippen molar-refractivity contribution >= 4 is 99.0 Å². The molecule has 0 N–H and O–H groups in total. The molecule has 0 saturated heterocycles. The molecule has 2 fully saturated rings. The van der Waals surface area contributed by atoms with Crippen molar-refractivity contribution in [2.24, 2.45) is 0 Å². The number of nitrogens with zero attached hydrogens (tertiary/aromatic N) is 7. The van der Waals surface area contributed by atoms with E-state index in [1.807, 2.05) is 24.3 Å². The fourth-order valence-corrected chi connectivity index (χ4v) is 16.4. The van der Waals surface area contributed by atoms with Gasteiger partial charge in [0.1, 0.15) is 0 Å². The van der Waals surface area contributed by atoms with Crippen LogP contribution in [0.3, 0.4) is 0 Å². The molecule has 2 spiro atoms. The van der Waals surface area contributed by atoms with Gasteiger partial charge in [-0.15, -0.1) is 20.5 Å². The minimum Gasteiger partial charge on any atom is -0.347 e. The molecule has 23 heteroatoms. The standard InChI is InChI=1S/C67H71Br2N7O4.2ClHO4/c1-64(2)58(24-18-26-60-66(32-14-8-15-33-66)48-40-56(75(77)78)50(68)42-54(48)71(60)6)73(52-30-28-44-20-10-12-22-46(44)62(52)64)38-36-70(5)37-39-74-53-31-29-45-21-11-13-23-47(45)63(53)65(3,4)59(74)25-19-27-61-67(34-16-9-17-35-67)49-41-57(76(79)80)51(69)43-55(49)72(61)7;2*2-1(3,4)5/h10-13,18-31,40-43H,8-9,14-17,32-39H2,1-7H3;2*(H,2,3,4,5)/q+2;;/p-2. The number of nitro benzene ring substituents is 2. The summed E-state index contributed by atoms with van der Waals surface area (Å²) in [4.78, 5) is 31.0. The lowest BCUT2D eigenvalue weighted by molar-refractivity contribution is -2.00.